The first kappa shape index (κ1) is 13.7. The molecule has 2 rings (SSSR count). The second-order valence-corrected chi connectivity index (χ2v) is 4.72. The smallest absolute Gasteiger partial charge is 0.0839 e. The molecule has 3 nitrogen and oxygen atoms in total. The minimum Gasteiger partial charge on any atom is -0.390 e. The standard InChI is InChI=1S/C16H19NO2/c18-15(9-8-14-7-4-10-17-12-14)16(19)11-13-5-2-1-3-6-13/h1-7,10,12,15-16,18-19H,8-9,11H2. The van der Waals surface area contributed by atoms with Gasteiger partial charge in [0.15, 0.2) is 0 Å². The van der Waals surface area contributed by atoms with Gasteiger partial charge >= 0.3 is 0 Å². The molecule has 0 spiro atoms. The van der Waals surface area contributed by atoms with Crippen LogP contribution < -0.4 is 0 Å². The van der Waals surface area contributed by atoms with Crippen molar-refractivity contribution in [2.75, 3.05) is 0 Å². The topological polar surface area (TPSA) is 53.4 Å². The first-order valence-electron chi connectivity index (χ1n) is 6.54. The molecule has 0 aliphatic rings. The molecule has 0 fully saturated rings. The van der Waals surface area contributed by atoms with Gasteiger partial charge in [0.1, 0.15) is 0 Å². The maximum absolute atomic E-state index is 9.98. The van der Waals surface area contributed by atoms with Crippen LogP contribution in [0.4, 0.5) is 0 Å². The van der Waals surface area contributed by atoms with Gasteiger partial charge in [0.05, 0.1) is 12.2 Å². The largest absolute Gasteiger partial charge is 0.390 e. The zero-order valence-corrected chi connectivity index (χ0v) is 10.8. The summed E-state index contributed by atoms with van der Waals surface area (Å²) in [5, 5.41) is 20.0. The van der Waals surface area contributed by atoms with Crippen LogP contribution in [0.3, 0.4) is 0 Å². The Kier molecular flexibility index (Phi) is 5.07. The van der Waals surface area contributed by atoms with Crippen molar-refractivity contribution in [3.05, 3.63) is 66.0 Å². The summed E-state index contributed by atoms with van der Waals surface area (Å²) in [6.07, 6.45) is 3.83. The molecule has 0 saturated heterocycles. The predicted molar refractivity (Wildman–Crippen MR) is 74.7 cm³/mol. The SMILES string of the molecule is OC(CCc1cccnc1)C(O)Cc1ccccc1. The van der Waals surface area contributed by atoms with E-state index in [1.807, 2.05) is 42.5 Å². The van der Waals surface area contributed by atoms with E-state index in [0.29, 0.717) is 12.8 Å². The van der Waals surface area contributed by atoms with Gasteiger partial charge in [0, 0.05) is 18.8 Å². The molecular weight excluding hydrogens is 238 g/mol. The number of hydrogen-bond donors (Lipinski definition) is 2. The van der Waals surface area contributed by atoms with Crippen LogP contribution in [0.5, 0.6) is 0 Å². The molecule has 1 aromatic heterocycles. The summed E-state index contributed by atoms with van der Waals surface area (Å²) in [6.45, 7) is 0. The first-order chi connectivity index (χ1) is 9.25. The number of nitrogens with zero attached hydrogens (tertiary/aromatic N) is 1. The van der Waals surface area contributed by atoms with Crippen LogP contribution in [0, 0.1) is 0 Å². The predicted octanol–water partition coefficient (Wildman–Crippen LogP) is 1.98. The molecule has 0 radical (unpaired) electrons. The summed E-state index contributed by atoms with van der Waals surface area (Å²) in [4.78, 5) is 4.03. The Bertz CT molecular complexity index is 473. The van der Waals surface area contributed by atoms with Gasteiger partial charge in [-0.25, -0.2) is 0 Å². The number of pyridine rings is 1. The lowest BCUT2D eigenvalue weighted by Crippen LogP contribution is -2.28. The highest BCUT2D eigenvalue weighted by atomic mass is 16.3. The van der Waals surface area contributed by atoms with Crippen LogP contribution in [0.15, 0.2) is 54.9 Å². The lowest BCUT2D eigenvalue weighted by Gasteiger charge is -2.17. The van der Waals surface area contributed by atoms with Gasteiger partial charge < -0.3 is 10.2 Å². The molecule has 0 saturated carbocycles. The number of benzene rings is 1. The van der Waals surface area contributed by atoms with Gasteiger partial charge in [-0.15, -0.1) is 0 Å². The first-order valence-corrected chi connectivity index (χ1v) is 6.54. The van der Waals surface area contributed by atoms with Crippen LogP contribution in [0.25, 0.3) is 0 Å². The lowest BCUT2D eigenvalue weighted by atomic mass is 9.99. The van der Waals surface area contributed by atoms with Crippen molar-refractivity contribution >= 4 is 0 Å². The highest BCUT2D eigenvalue weighted by molar-refractivity contribution is 5.16. The van der Waals surface area contributed by atoms with E-state index < -0.39 is 12.2 Å². The number of aromatic nitrogens is 1. The van der Waals surface area contributed by atoms with Crippen LogP contribution >= 0.6 is 0 Å². The van der Waals surface area contributed by atoms with Gasteiger partial charge in [0.25, 0.3) is 0 Å². The Balaban J connectivity index is 1.81. The van der Waals surface area contributed by atoms with Crippen molar-refractivity contribution in [1.29, 1.82) is 0 Å². The van der Waals surface area contributed by atoms with E-state index in [9.17, 15) is 10.2 Å². The molecule has 2 atom stereocenters. The van der Waals surface area contributed by atoms with Crippen LogP contribution in [-0.2, 0) is 12.8 Å². The average molecular weight is 257 g/mol. The fourth-order valence-corrected chi connectivity index (χ4v) is 2.04. The van der Waals surface area contributed by atoms with Gasteiger partial charge in [-0.2, -0.15) is 0 Å². The molecule has 100 valence electrons. The van der Waals surface area contributed by atoms with Crippen LogP contribution in [-0.4, -0.2) is 27.4 Å². The van der Waals surface area contributed by atoms with E-state index in [2.05, 4.69) is 4.98 Å². The van der Waals surface area contributed by atoms with Gasteiger partial charge in [-0.05, 0) is 30.0 Å². The quantitative estimate of drug-likeness (QED) is 0.832. The summed E-state index contributed by atoms with van der Waals surface area (Å²) in [5.41, 5.74) is 2.11. The van der Waals surface area contributed by atoms with E-state index in [1.54, 1.807) is 12.4 Å². The molecule has 0 bridgehead atoms. The Labute approximate surface area is 113 Å². The molecule has 3 heteroatoms. The molecule has 0 aliphatic carbocycles. The fourth-order valence-electron chi connectivity index (χ4n) is 2.04. The van der Waals surface area contributed by atoms with Gasteiger partial charge in [-0.1, -0.05) is 36.4 Å². The monoisotopic (exact) mass is 257 g/mol. The van der Waals surface area contributed by atoms with Gasteiger partial charge in [-0.3, -0.25) is 4.98 Å². The lowest BCUT2D eigenvalue weighted by molar-refractivity contribution is 0.0154. The molecule has 0 aliphatic heterocycles. The van der Waals surface area contributed by atoms with Gasteiger partial charge in [0.2, 0.25) is 0 Å². The third-order valence-corrected chi connectivity index (χ3v) is 3.18. The van der Waals surface area contributed by atoms with E-state index in [4.69, 9.17) is 0 Å². The Morgan fingerprint density at radius 2 is 1.63 bits per heavy atom. The maximum atomic E-state index is 9.98. The fraction of sp³-hybridized carbons (Fsp3) is 0.312. The second-order valence-electron chi connectivity index (χ2n) is 4.72. The summed E-state index contributed by atoms with van der Waals surface area (Å²) in [6, 6.07) is 13.6. The molecule has 2 unspecified atom stereocenters. The summed E-state index contributed by atoms with van der Waals surface area (Å²) >= 11 is 0. The van der Waals surface area contributed by atoms with Crippen molar-refractivity contribution < 1.29 is 10.2 Å². The third kappa shape index (κ3) is 4.47. The van der Waals surface area contributed by atoms with E-state index in [1.165, 1.54) is 0 Å². The normalized spacial score (nSPS) is 14.0. The summed E-state index contributed by atoms with van der Waals surface area (Å²) in [5.74, 6) is 0. The zero-order chi connectivity index (χ0) is 13.5. The number of hydrogen-bond acceptors (Lipinski definition) is 3. The number of aliphatic hydroxyl groups excluding tert-OH is 2. The minimum absolute atomic E-state index is 0.481. The molecular formula is C16H19NO2. The Morgan fingerprint density at radius 1 is 0.895 bits per heavy atom. The van der Waals surface area contributed by atoms with Crippen molar-refractivity contribution in [3.63, 3.8) is 0 Å². The number of rotatable bonds is 6. The Morgan fingerprint density at radius 3 is 2.32 bits per heavy atom. The van der Waals surface area contributed by atoms with Crippen molar-refractivity contribution in [2.45, 2.75) is 31.5 Å². The number of aliphatic hydroxyl groups is 2. The summed E-state index contributed by atoms with van der Waals surface area (Å²) < 4.78 is 0. The van der Waals surface area contributed by atoms with Crippen LogP contribution in [0.2, 0.25) is 0 Å². The van der Waals surface area contributed by atoms with Crippen molar-refractivity contribution in [1.82, 2.24) is 4.98 Å². The van der Waals surface area contributed by atoms with Crippen molar-refractivity contribution in [3.8, 4) is 0 Å². The minimum atomic E-state index is -0.723. The van der Waals surface area contributed by atoms with Crippen LogP contribution in [0.1, 0.15) is 17.5 Å². The third-order valence-electron chi connectivity index (χ3n) is 3.18. The maximum Gasteiger partial charge on any atom is 0.0839 e. The average Bonchev–Trinajstić information content (AvgIpc) is 2.47. The highest BCUT2D eigenvalue weighted by Gasteiger charge is 2.16. The molecule has 0 amide bonds. The molecule has 1 heterocycles. The van der Waals surface area contributed by atoms with E-state index in [0.717, 1.165) is 17.5 Å². The molecule has 2 N–H and O–H groups in total. The second kappa shape index (κ2) is 7.02. The summed E-state index contributed by atoms with van der Waals surface area (Å²) in [7, 11) is 0. The van der Waals surface area contributed by atoms with E-state index >= 15 is 0 Å². The molecule has 19 heavy (non-hydrogen) atoms. The molecule has 1 aromatic carbocycles. The molecule has 2 aromatic rings. The van der Waals surface area contributed by atoms with E-state index in [-0.39, 0.29) is 0 Å². The highest BCUT2D eigenvalue weighted by Crippen LogP contribution is 2.11. The van der Waals surface area contributed by atoms with Crippen molar-refractivity contribution in [2.24, 2.45) is 0 Å². The Hall–Kier alpha value is -1.71. The zero-order valence-electron chi connectivity index (χ0n) is 10.8. The number of aryl methyl sites for hydroxylation is 1.